The number of fused-ring (bicyclic) bond motifs is 1. The van der Waals surface area contributed by atoms with Crippen LogP contribution in [0.15, 0.2) is 59.6 Å². The standard InChI is InChI=1S/C22H20F3N5/c23-22(24,25)16-7-5-14(6-8-16)20-11-17(12-26)29-21(30-20)27-10-9-15-13-28-19-4-2-1-3-18(15)19/h1-8,11,13,15H,9-10,12,26H2,(H,27,29,30). The number of nitrogens with one attached hydrogen (secondary N) is 1. The van der Waals surface area contributed by atoms with Crippen molar-refractivity contribution in [1.29, 1.82) is 0 Å². The van der Waals surface area contributed by atoms with Crippen LogP contribution in [0.25, 0.3) is 11.3 Å². The fraction of sp³-hybridized carbons (Fsp3) is 0.227. The molecule has 1 aromatic heterocycles. The van der Waals surface area contributed by atoms with Crippen molar-refractivity contribution in [2.45, 2.75) is 25.1 Å². The largest absolute Gasteiger partial charge is 0.416 e. The van der Waals surface area contributed by atoms with Gasteiger partial charge in [0, 0.05) is 30.8 Å². The molecule has 5 nitrogen and oxygen atoms in total. The summed E-state index contributed by atoms with van der Waals surface area (Å²) in [6.45, 7) is 0.818. The van der Waals surface area contributed by atoms with Crippen LogP contribution >= 0.6 is 0 Å². The number of hydrogen-bond acceptors (Lipinski definition) is 5. The van der Waals surface area contributed by atoms with Gasteiger partial charge in [0.05, 0.1) is 22.6 Å². The second-order valence-electron chi connectivity index (χ2n) is 7.01. The van der Waals surface area contributed by atoms with Crippen LogP contribution in [0.3, 0.4) is 0 Å². The lowest BCUT2D eigenvalue weighted by atomic mass is 9.98. The fourth-order valence-electron chi connectivity index (χ4n) is 3.40. The lowest BCUT2D eigenvalue weighted by Gasteiger charge is -2.12. The van der Waals surface area contributed by atoms with Crippen molar-refractivity contribution in [2.75, 3.05) is 11.9 Å². The molecule has 3 aromatic rings. The molecular formula is C22H20F3N5. The number of rotatable bonds is 6. The predicted molar refractivity (Wildman–Crippen MR) is 111 cm³/mol. The van der Waals surface area contributed by atoms with Gasteiger partial charge in [0.25, 0.3) is 0 Å². The van der Waals surface area contributed by atoms with Gasteiger partial charge in [0.15, 0.2) is 0 Å². The number of hydrogen-bond donors (Lipinski definition) is 2. The molecule has 0 radical (unpaired) electrons. The minimum atomic E-state index is -4.37. The Morgan fingerprint density at radius 2 is 1.77 bits per heavy atom. The van der Waals surface area contributed by atoms with E-state index in [9.17, 15) is 13.2 Å². The van der Waals surface area contributed by atoms with Crippen molar-refractivity contribution in [3.63, 3.8) is 0 Å². The predicted octanol–water partition coefficient (Wildman–Crippen LogP) is 4.92. The van der Waals surface area contributed by atoms with Crippen molar-refractivity contribution in [2.24, 2.45) is 10.7 Å². The van der Waals surface area contributed by atoms with E-state index in [2.05, 4.69) is 26.3 Å². The number of aliphatic imine (C=N–C) groups is 1. The first-order chi connectivity index (χ1) is 14.4. The normalized spacial score (nSPS) is 15.3. The molecule has 3 N–H and O–H groups in total. The summed E-state index contributed by atoms with van der Waals surface area (Å²) in [5.41, 5.74) is 8.93. The van der Waals surface area contributed by atoms with E-state index in [1.807, 2.05) is 24.4 Å². The Morgan fingerprint density at radius 1 is 1.00 bits per heavy atom. The van der Waals surface area contributed by atoms with Crippen molar-refractivity contribution >= 4 is 17.9 Å². The van der Waals surface area contributed by atoms with Crippen molar-refractivity contribution < 1.29 is 13.2 Å². The van der Waals surface area contributed by atoms with Crippen molar-refractivity contribution in [3.8, 4) is 11.3 Å². The number of nitrogens with two attached hydrogens (primary N) is 1. The van der Waals surface area contributed by atoms with E-state index in [0.29, 0.717) is 29.4 Å². The van der Waals surface area contributed by atoms with Gasteiger partial charge in [-0.2, -0.15) is 13.2 Å². The van der Waals surface area contributed by atoms with E-state index < -0.39 is 11.7 Å². The van der Waals surface area contributed by atoms with E-state index in [1.165, 1.54) is 17.7 Å². The summed E-state index contributed by atoms with van der Waals surface area (Å²) < 4.78 is 38.4. The van der Waals surface area contributed by atoms with Gasteiger partial charge < -0.3 is 11.1 Å². The summed E-state index contributed by atoms with van der Waals surface area (Å²) >= 11 is 0. The molecule has 0 saturated carbocycles. The minimum Gasteiger partial charge on any atom is -0.354 e. The summed E-state index contributed by atoms with van der Waals surface area (Å²) in [6.07, 6.45) is -1.62. The number of anilines is 1. The molecule has 0 bridgehead atoms. The first-order valence-electron chi connectivity index (χ1n) is 9.56. The summed E-state index contributed by atoms with van der Waals surface area (Å²) in [5, 5.41) is 3.20. The first-order valence-corrected chi connectivity index (χ1v) is 9.56. The van der Waals surface area contributed by atoms with Crippen LogP contribution in [-0.4, -0.2) is 22.7 Å². The van der Waals surface area contributed by atoms with Gasteiger partial charge in [-0.15, -0.1) is 0 Å². The maximum Gasteiger partial charge on any atom is 0.416 e. The Hall–Kier alpha value is -3.26. The van der Waals surface area contributed by atoms with Crippen LogP contribution < -0.4 is 11.1 Å². The van der Waals surface area contributed by atoms with Crippen molar-refractivity contribution in [1.82, 2.24) is 9.97 Å². The molecule has 8 heteroatoms. The molecule has 1 aliphatic heterocycles. The Labute approximate surface area is 171 Å². The lowest BCUT2D eigenvalue weighted by Crippen LogP contribution is -2.12. The third-order valence-electron chi connectivity index (χ3n) is 4.96. The topological polar surface area (TPSA) is 76.2 Å². The van der Waals surface area contributed by atoms with E-state index in [0.717, 1.165) is 24.2 Å². The summed E-state index contributed by atoms with van der Waals surface area (Å²) in [5.74, 6) is 0.622. The highest BCUT2D eigenvalue weighted by Gasteiger charge is 2.30. The molecule has 0 saturated heterocycles. The van der Waals surface area contributed by atoms with Crippen LogP contribution in [0, 0.1) is 0 Å². The second kappa shape index (κ2) is 8.23. The number of alkyl halides is 3. The van der Waals surface area contributed by atoms with Gasteiger partial charge >= 0.3 is 6.18 Å². The summed E-state index contributed by atoms with van der Waals surface area (Å²) in [4.78, 5) is 13.3. The van der Waals surface area contributed by atoms with Gasteiger partial charge in [-0.1, -0.05) is 30.3 Å². The summed E-state index contributed by atoms with van der Waals surface area (Å²) in [7, 11) is 0. The number of aromatic nitrogens is 2. The van der Waals surface area contributed by atoms with Gasteiger partial charge in [-0.25, -0.2) is 9.97 Å². The van der Waals surface area contributed by atoms with E-state index in [4.69, 9.17) is 5.73 Å². The zero-order chi connectivity index (χ0) is 21.1. The minimum absolute atomic E-state index is 0.202. The maximum atomic E-state index is 12.8. The average molecular weight is 411 g/mol. The van der Waals surface area contributed by atoms with Gasteiger partial charge in [-0.3, -0.25) is 4.99 Å². The van der Waals surface area contributed by atoms with Crippen LogP contribution in [0.4, 0.5) is 24.8 Å². The molecule has 1 atom stereocenters. The third kappa shape index (κ3) is 4.33. The highest BCUT2D eigenvalue weighted by Crippen LogP contribution is 2.33. The quantitative estimate of drug-likeness (QED) is 0.604. The lowest BCUT2D eigenvalue weighted by molar-refractivity contribution is -0.137. The van der Waals surface area contributed by atoms with E-state index >= 15 is 0 Å². The van der Waals surface area contributed by atoms with Crippen LogP contribution in [0.1, 0.15) is 29.2 Å². The molecule has 0 fully saturated rings. The molecule has 0 aliphatic carbocycles. The molecule has 154 valence electrons. The smallest absolute Gasteiger partial charge is 0.354 e. The Morgan fingerprint density at radius 3 is 2.50 bits per heavy atom. The maximum absolute atomic E-state index is 12.8. The number of para-hydroxylation sites is 1. The average Bonchev–Trinajstić information content (AvgIpc) is 3.16. The van der Waals surface area contributed by atoms with E-state index in [-0.39, 0.29) is 12.5 Å². The zero-order valence-corrected chi connectivity index (χ0v) is 16.0. The second-order valence-corrected chi connectivity index (χ2v) is 7.01. The Balaban J connectivity index is 1.47. The number of halogens is 3. The Bertz CT molecular complexity index is 1060. The molecule has 0 amide bonds. The van der Waals surface area contributed by atoms with Gasteiger partial charge in [0.1, 0.15) is 0 Å². The van der Waals surface area contributed by atoms with Crippen LogP contribution in [-0.2, 0) is 12.7 Å². The molecule has 1 unspecified atom stereocenters. The Kier molecular flexibility index (Phi) is 5.50. The zero-order valence-electron chi connectivity index (χ0n) is 16.0. The van der Waals surface area contributed by atoms with Crippen LogP contribution in [0.2, 0.25) is 0 Å². The molecule has 1 aliphatic rings. The highest BCUT2D eigenvalue weighted by atomic mass is 19.4. The number of benzene rings is 2. The summed E-state index contributed by atoms with van der Waals surface area (Å²) in [6, 6.07) is 14.6. The molecule has 30 heavy (non-hydrogen) atoms. The molecule has 2 aromatic carbocycles. The molecule has 0 spiro atoms. The highest BCUT2D eigenvalue weighted by molar-refractivity contribution is 5.80. The molecule has 2 heterocycles. The molecule has 4 rings (SSSR count). The monoisotopic (exact) mass is 411 g/mol. The fourth-order valence-corrected chi connectivity index (χ4v) is 3.40. The van der Waals surface area contributed by atoms with Crippen LogP contribution in [0.5, 0.6) is 0 Å². The molecular weight excluding hydrogens is 391 g/mol. The van der Waals surface area contributed by atoms with Gasteiger partial charge in [-0.05, 0) is 36.2 Å². The number of nitrogens with zero attached hydrogens (tertiary/aromatic N) is 3. The van der Waals surface area contributed by atoms with E-state index in [1.54, 1.807) is 6.07 Å². The SMILES string of the molecule is NCc1cc(-c2ccc(C(F)(F)F)cc2)nc(NCCC2C=Nc3ccccc32)n1. The van der Waals surface area contributed by atoms with Gasteiger partial charge in [0.2, 0.25) is 5.95 Å². The van der Waals surface area contributed by atoms with Crippen molar-refractivity contribution in [3.05, 3.63) is 71.4 Å². The third-order valence-corrected chi connectivity index (χ3v) is 4.96. The first kappa shape index (κ1) is 20.0.